The molecule has 0 aliphatic heterocycles. The number of nitrogens with one attached hydrogen (secondary N) is 1. The van der Waals surface area contributed by atoms with Gasteiger partial charge in [0.15, 0.2) is 0 Å². The van der Waals surface area contributed by atoms with Crippen LogP contribution in [-0.4, -0.2) is 13.4 Å². The molecule has 20 heavy (non-hydrogen) atoms. The summed E-state index contributed by atoms with van der Waals surface area (Å²) in [5.74, 6) is 0. The molecule has 0 unspecified atom stereocenters. The van der Waals surface area contributed by atoms with Crippen LogP contribution in [0, 0.1) is 18.3 Å². The summed E-state index contributed by atoms with van der Waals surface area (Å²) in [5, 5.41) is 8.59. The number of nitriles is 1. The standard InChI is InChI=1S/C14H13N3O2S/c1-11-10-16-9-7-14(11)17-20(18,19)13-4-2-12(3-5-13)6-8-15/h2-5,7,9-10H,6H2,1H3,(H,16,17). The minimum Gasteiger partial charge on any atom is -0.279 e. The van der Waals surface area contributed by atoms with Gasteiger partial charge in [0, 0.05) is 12.4 Å². The van der Waals surface area contributed by atoms with E-state index in [1.54, 1.807) is 31.3 Å². The van der Waals surface area contributed by atoms with E-state index in [4.69, 9.17) is 5.26 Å². The Bertz CT molecular complexity index is 747. The second-order valence-corrected chi connectivity index (χ2v) is 5.96. The number of aromatic nitrogens is 1. The Labute approximate surface area is 118 Å². The molecule has 0 fully saturated rings. The quantitative estimate of drug-likeness (QED) is 0.935. The Morgan fingerprint density at radius 1 is 1.25 bits per heavy atom. The Morgan fingerprint density at radius 2 is 1.95 bits per heavy atom. The van der Waals surface area contributed by atoms with Gasteiger partial charge < -0.3 is 0 Å². The van der Waals surface area contributed by atoms with Crippen LogP contribution in [0.25, 0.3) is 0 Å². The lowest BCUT2D eigenvalue weighted by atomic mass is 10.2. The van der Waals surface area contributed by atoms with Gasteiger partial charge in [0.25, 0.3) is 10.0 Å². The average molecular weight is 287 g/mol. The van der Waals surface area contributed by atoms with Crippen molar-refractivity contribution in [3.8, 4) is 6.07 Å². The van der Waals surface area contributed by atoms with Gasteiger partial charge in [-0.3, -0.25) is 9.71 Å². The molecule has 0 spiro atoms. The van der Waals surface area contributed by atoms with E-state index in [1.807, 2.05) is 6.07 Å². The summed E-state index contributed by atoms with van der Waals surface area (Å²) < 4.78 is 27.0. The van der Waals surface area contributed by atoms with E-state index in [1.165, 1.54) is 18.3 Å². The lowest BCUT2D eigenvalue weighted by molar-refractivity contribution is 0.601. The lowest BCUT2D eigenvalue weighted by Crippen LogP contribution is -2.13. The van der Waals surface area contributed by atoms with Gasteiger partial charge in [0.05, 0.1) is 23.1 Å². The third kappa shape index (κ3) is 3.13. The molecular weight excluding hydrogens is 274 g/mol. The van der Waals surface area contributed by atoms with Crippen molar-refractivity contribution in [2.75, 3.05) is 4.72 Å². The molecular formula is C14H13N3O2S. The van der Waals surface area contributed by atoms with Gasteiger partial charge in [-0.25, -0.2) is 8.42 Å². The highest BCUT2D eigenvalue weighted by Crippen LogP contribution is 2.18. The molecule has 1 heterocycles. The fourth-order valence-corrected chi connectivity index (χ4v) is 2.80. The normalized spacial score (nSPS) is 10.8. The van der Waals surface area contributed by atoms with Gasteiger partial charge in [0.2, 0.25) is 0 Å². The van der Waals surface area contributed by atoms with E-state index >= 15 is 0 Å². The zero-order valence-electron chi connectivity index (χ0n) is 10.9. The van der Waals surface area contributed by atoms with Crippen LogP contribution in [0.2, 0.25) is 0 Å². The molecule has 0 aliphatic carbocycles. The summed E-state index contributed by atoms with van der Waals surface area (Å²) in [7, 11) is -3.63. The van der Waals surface area contributed by atoms with Gasteiger partial charge in [0.1, 0.15) is 0 Å². The van der Waals surface area contributed by atoms with Crippen molar-refractivity contribution in [2.45, 2.75) is 18.2 Å². The van der Waals surface area contributed by atoms with Crippen molar-refractivity contribution in [1.29, 1.82) is 5.26 Å². The van der Waals surface area contributed by atoms with Crippen LogP contribution >= 0.6 is 0 Å². The Balaban J connectivity index is 2.27. The molecule has 0 aliphatic rings. The second-order valence-electron chi connectivity index (χ2n) is 4.27. The number of pyridine rings is 1. The Morgan fingerprint density at radius 3 is 2.55 bits per heavy atom. The third-order valence-electron chi connectivity index (χ3n) is 2.78. The molecule has 1 aromatic heterocycles. The summed E-state index contributed by atoms with van der Waals surface area (Å²) >= 11 is 0. The highest BCUT2D eigenvalue weighted by Gasteiger charge is 2.14. The van der Waals surface area contributed by atoms with E-state index in [2.05, 4.69) is 9.71 Å². The van der Waals surface area contributed by atoms with Gasteiger partial charge in [-0.2, -0.15) is 5.26 Å². The first-order chi connectivity index (χ1) is 9.53. The van der Waals surface area contributed by atoms with Gasteiger partial charge >= 0.3 is 0 Å². The van der Waals surface area contributed by atoms with Crippen LogP contribution < -0.4 is 4.72 Å². The summed E-state index contributed by atoms with van der Waals surface area (Å²) in [6, 6.07) is 9.88. The molecule has 0 radical (unpaired) electrons. The SMILES string of the molecule is Cc1cnccc1NS(=O)(=O)c1ccc(CC#N)cc1. The summed E-state index contributed by atoms with van der Waals surface area (Å²) in [4.78, 5) is 4.08. The number of anilines is 1. The summed E-state index contributed by atoms with van der Waals surface area (Å²) in [6.07, 6.45) is 3.38. The minimum absolute atomic E-state index is 0.162. The topological polar surface area (TPSA) is 82.8 Å². The largest absolute Gasteiger partial charge is 0.279 e. The number of hydrogen-bond acceptors (Lipinski definition) is 4. The highest BCUT2D eigenvalue weighted by molar-refractivity contribution is 7.92. The molecule has 102 valence electrons. The van der Waals surface area contributed by atoms with Crippen LogP contribution in [-0.2, 0) is 16.4 Å². The van der Waals surface area contributed by atoms with Crippen LogP contribution in [0.3, 0.4) is 0 Å². The number of sulfonamides is 1. The molecule has 1 N–H and O–H groups in total. The zero-order valence-corrected chi connectivity index (χ0v) is 11.7. The second kappa shape index (κ2) is 5.72. The van der Waals surface area contributed by atoms with Crippen molar-refractivity contribution in [1.82, 2.24) is 4.98 Å². The molecule has 0 bridgehead atoms. The molecule has 6 heteroatoms. The molecule has 1 aromatic carbocycles. The van der Waals surface area contributed by atoms with E-state index in [0.29, 0.717) is 5.69 Å². The molecule has 0 atom stereocenters. The van der Waals surface area contributed by atoms with Gasteiger partial charge in [-0.1, -0.05) is 12.1 Å². The number of aryl methyl sites for hydroxylation is 1. The van der Waals surface area contributed by atoms with E-state index < -0.39 is 10.0 Å². The molecule has 0 saturated carbocycles. The smallest absolute Gasteiger partial charge is 0.261 e. The van der Waals surface area contributed by atoms with Gasteiger partial charge in [-0.05, 0) is 36.2 Å². The highest BCUT2D eigenvalue weighted by atomic mass is 32.2. The van der Waals surface area contributed by atoms with Crippen molar-refractivity contribution in [2.24, 2.45) is 0 Å². The fraction of sp³-hybridized carbons (Fsp3) is 0.143. The van der Waals surface area contributed by atoms with Crippen molar-refractivity contribution < 1.29 is 8.42 Å². The number of nitrogens with zero attached hydrogens (tertiary/aromatic N) is 2. The number of hydrogen-bond donors (Lipinski definition) is 1. The first-order valence-electron chi connectivity index (χ1n) is 5.92. The maximum Gasteiger partial charge on any atom is 0.261 e. The summed E-state index contributed by atoms with van der Waals surface area (Å²) in [6.45, 7) is 1.78. The van der Waals surface area contributed by atoms with Crippen molar-refractivity contribution in [3.05, 3.63) is 53.9 Å². The van der Waals surface area contributed by atoms with Crippen LogP contribution in [0.4, 0.5) is 5.69 Å². The summed E-state index contributed by atoms with van der Waals surface area (Å²) in [5.41, 5.74) is 2.03. The van der Waals surface area contributed by atoms with Crippen LogP contribution in [0.1, 0.15) is 11.1 Å². The Hall–Kier alpha value is -2.39. The maximum atomic E-state index is 12.2. The minimum atomic E-state index is -3.63. The van der Waals surface area contributed by atoms with E-state index in [-0.39, 0.29) is 11.3 Å². The monoisotopic (exact) mass is 287 g/mol. The number of benzene rings is 1. The Kier molecular flexibility index (Phi) is 4.01. The molecule has 5 nitrogen and oxygen atoms in total. The molecule has 2 rings (SSSR count). The number of rotatable bonds is 4. The van der Waals surface area contributed by atoms with Crippen molar-refractivity contribution >= 4 is 15.7 Å². The lowest BCUT2D eigenvalue weighted by Gasteiger charge is -2.10. The fourth-order valence-electron chi connectivity index (χ4n) is 1.67. The maximum absolute atomic E-state index is 12.2. The van der Waals surface area contributed by atoms with Crippen molar-refractivity contribution in [3.63, 3.8) is 0 Å². The third-order valence-corrected chi connectivity index (χ3v) is 4.16. The van der Waals surface area contributed by atoms with Crippen LogP contribution in [0.5, 0.6) is 0 Å². The van der Waals surface area contributed by atoms with E-state index in [9.17, 15) is 8.42 Å². The molecule has 0 saturated heterocycles. The average Bonchev–Trinajstić information content (AvgIpc) is 2.42. The first kappa shape index (κ1) is 14.0. The van der Waals surface area contributed by atoms with E-state index in [0.717, 1.165) is 11.1 Å². The first-order valence-corrected chi connectivity index (χ1v) is 7.40. The molecule has 0 amide bonds. The predicted octanol–water partition coefficient (Wildman–Crippen LogP) is 2.26. The molecule has 2 aromatic rings. The predicted molar refractivity (Wildman–Crippen MR) is 75.5 cm³/mol. The zero-order chi connectivity index (χ0) is 14.6. The van der Waals surface area contributed by atoms with Gasteiger partial charge in [-0.15, -0.1) is 0 Å². The van der Waals surface area contributed by atoms with Crippen LogP contribution in [0.15, 0.2) is 47.6 Å².